The van der Waals surface area contributed by atoms with Gasteiger partial charge in [-0.05, 0) is 31.6 Å². The molecule has 0 bridgehead atoms. The zero-order chi connectivity index (χ0) is 12.3. The van der Waals surface area contributed by atoms with Crippen LogP contribution in [-0.4, -0.2) is 40.8 Å². The van der Waals surface area contributed by atoms with Crippen LogP contribution >= 0.6 is 0 Å². The van der Waals surface area contributed by atoms with Crippen LogP contribution in [0.2, 0.25) is 0 Å². The maximum Gasteiger partial charge on any atom is 0.264 e. The van der Waals surface area contributed by atoms with Gasteiger partial charge in [-0.25, -0.2) is 0 Å². The van der Waals surface area contributed by atoms with E-state index in [-0.39, 0.29) is 6.29 Å². The van der Waals surface area contributed by atoms with Crippen molar-refractivity contribution in [3.05, 3.63) is 0 Å². The summed E-state index contributed by atoms with van der Waals surface area (Å²) in [5.41, 5.74) is 0. The first-order valence-electron chi connectivity index (χ1n) is 6.12. The molecule has 17 heavy (non-hydrogen) atoms. The maximum absolute atomic E-state index is 10.9. The van der Waals surface area contributed by atoms with Crippen LogP contribution in [0.1, 0.15) is 25.7 Å². The van der Waals surface area contributed by atoms with E-state index < -0.39 is 10.1 Å². The van der Waals surface area contributed by atoms with E-state index in [0.29, 0.717) is 31.7 Å². The lowest BCUT2D eigenvalue weighted by Crippen LogP contribution is -2.28. The summed E-state index contributed by atoms with van der Waals surface area (Å²) in [6.07, 6.45) is 5.10. The van der Waals surface area contributed by atoms with E-state index in [0.717, 1.165) is 31.9 Å². The third-order valence-electron chi connectivity index (χ3n) is 3.44. The predicted octanol–water partition coefficient (Wildman–Crippen LogP) is 1.14. The molecule has 0 aromatic carbocycles. The van der Waals surface area contributed by atoms with Crippen LogP contribution in [-0.2, 0) is 23.8 Å². The van der Waals surface area contributed by atoms with Gasteiger partial charge in [-0.3, -0.25) is 4.18 Å². The van der Waals surface area contributed by atoms with E-state index >= 15 is 0 Å². The Morgan fingerprint density at radius 1 is 1.12 bits per heavy atom. The number of rotatable bonds is 4. The Balaban J connectivity index is 1.70. The Morgan fingerprint density at radius 3 is 2.24 bits per heavy atom. The Hall–Kier alpha value is -0.170. The van der Waals surface area contributed by atoms with Crippen molar-refractivity contribution in [3.8, 4) is 0 Å². The highest BCUT2D eigenvalue weighted by Crippen LogP contribution is 2.33. The van der Waals surface area contributed by atoms with Crippen LogP contribution in [0.5, 0.6) is 0 Å². The minimum atomic E-state index is -3.30. The molecule has 2 rings (SSSR count). The third kappa shape index (κ3) is 4.21. The Kier molecular flexibility index (Phi) is 4.41. The molecule has 6 heteroatoms. The van der Waals surface area contributed by atoms with Crippen LogP contribution in [0.25, 0.3) is 0 Å². The van der Waals surface area contributed by atoms with Gasteiger partial charge in [0.1, 0.15) is 0 Å². The lowest BCUT2D eigenvalue weighted by Gasteiger charge is -2.30. The number of ether oxygens (including phenoxy) is 2. The first kappa shape index (κ1) is 13.3. The molecule has 0 radical (unpaired) electrons. The van der Waals surface area contributed by atoms with Crippen molar-refractivity contribution in [1.29, 1.82) is 0 Å². The van der Waals surface area contributed by atoms with E-state index in [1.807, 2.05) is 0 Å². The van der Waals surface area contributed by atoms with Crippen molar-refractivity contribution in [2.24, 2.45) is 11.8 Å². The van der Waals surface area contributed by atoms with E-state index in [1.165, 1.54) is 0 Å². The molecule has 0 N–H and O–H groups in total. The van der Waals surface area contributed by atoms with E-state index in [1.54, 1.807) is 0 Å². The predicted molar refractivity (Wildman–Crippen MR) is 61.9 cm³/mol. The SMILES string of the molecule is CS(=O)(=O)OCC1CCC(C2OCCO2)CC1. The molecule has 1 aliphatic carbocycles. The van der Waals surface area contributed by atoms with Gasteiger partial charge < -0.3 is 9.47 Å². The summed E-state index contributed by atoms with van der Waals surface area (Å²) in [6.45, 7) is 1.71. The summed E-state index contributed by atoms with van der Waals surface area (Å²) in [4.78, 5) is 0. The molecule has 2 fully saturated rings. The summed E-state index contributed by atoms with van der Waals surface area (Å²) < 4.78 is 37.6. The van der Waals surface area contributed by atoms with E-state index in [2.05, 4.69) is 0 Å². The Morgan fingerprint density at radius 2 is 1.71 bits per heavy atom. The molecule has 0 aromatic heterocycles. The summed E-state index contributed by atoms with van der Waals surface area (Å²) >= 11 is 0. The zero-order valence-electron chi connectivity index (χ0n) is 10.1. The van der Waals surface area contributed by atoms with Crippen LogP contribution < -0.4 is 0 Å². The largest absolute Gasteiger partial charge is 0.350 e. The van der Waals surface area contributed by atoms with E-state index in [4.69, 9.17) is 13.7 Å². The Bertz CT molecular complexity index is 326. The zero-order valence-corrected chi connectivity index (χ0v) is 10.9. The summed E-state index contributed by atoms with van der Waals surface area (Å²) in [6, 6.07) is 0. The number of hydrogen-bond donors (Lipinski definition) is 0. The molecule has 100 valence electrons. The second-order valence-electron chi connectivity index (χ2n) is 4.88. The molecule has 1 saturated heterocycles. The summed E-state index contributed by atoms with van der Waals surface area (Å²) in [5, 5.41) is 0. The minimum Gasteiger partial charge on any atom is -0.350 e. The van der Waals surface area contributed by atoms with Crippen molar-refractivity contribution < 1.29 is 22.1 Å². The van der Waals surface area contributed by atoms with Crippen molar-refractivity contribution in [2.75, 3.05) is 26.1 Å². The fourth-order valence-corrected chi connectivity index (χ4v) is 2.94. The molecule has 1 heterocycles. The summed E-state index contributed by atoms with van der Waals surface area (Å²) in [5.74, 6) is 0.814. The smallest absolute Gasteiger partial charge is 0.264 e. The highest BCUT2D eigenvalue weighted by atomic mass is 32.2. The lowest BCUT2D eigenvalue weighted by atomic mass is 9.82. The van der Waals surface area contributed by atoms with Crippen LogP contribution in [0.4, 0.5) is 0 Å². The lowest BCUT2D eigenvalue weighted by molar-refractivity contribution is -0.0960. The van der Waals surface area contributed by atoms with Gasteiger partial charge in [0.05, 0.1) is 26.1 Å². The highest BCUT2D eigenvalue weighted by Gasteiger charge is 2.31. The minimum absolute atomic E-state index is 0.0354. The first-order chi connectivity index (χ1) is 8.04. The van der Waals surface area contributed by atoms with Gasteiger partial charge >= 0.3 is 0 Å². The topological polar surface area (TPSA) is 61.8 Å². The molecule has 1 saturated carbocycles. The summed E-state index contributed by atoms with van der Waals surface area (Å²) in [7, 11) is -3.30. The molecule has 0 aromatic rings. The van der Waals surface area contributed by atoms with Crippen molar-refractivity contribution in [1.82, 2.24) is 0 Å². The van der Waals surface area contributed by atoms with Gasteiger partial charge in [0.25, 0.3) is 10.1 Å². The van der Waals surface area contributed by atoms with Gasteiger partial charge in [0.2, 0.25) is 0 Å². The van der Waals surface area contributed by atoms with Crippen molar-refractivity contribution >= 4 is 10.1 Å². The van der Waals surface area contributed by atoms with Crippen LogP contribution in [0.3, 0.4) is 0 Å². The fraction of sp³-hybridized carbons (Fsp3) is 1.00. The molecule has 2 aliphatic rings. The average molecular weight is 264 g/mol. The first-order valence-corrected chi connectivity index (χ1v) is 7.94. The monoisotopic (exact) mass is 264 g/mol. The van der Waals surface area contributed by atoms with Crippen LogP contribution in [0, 0.1) is 11.8 Å². The molecule has 0 atom stereocenters. The molecule has 0 unspecified atom stereocenters. The van der Waals surface area contributed by atoms with Gasteiger partial charge in [0.15, 0.2) is 6.29 Å². The standard InChI is InChI=1S/C11H20O5S/c1-17(12,13)16-8-9-2-4-10(5-3-9)11-14-6-7-15-11/h9-11H,2-8H2,1H3. The molecular formula is C11H20O5S. The van der Waals surface area contributed by atoms with Gasteiger partial charge in [0, 0.05) is 5.92 Å². The van der Waals surface area contributed by atoms with Gasteiger partial charge in [-0.2, -0.15) is 8.42 Å². The molecular weight excluding hydrogens is 244 g/mol. The quantitative estimate of drug-likeness (QED) is 0.713. The Labute approximate surface area is 103 Å². The molecule has 5 nitrogen and oxygen atoms in total. The van der Waals surface area contributed by atoms with E-state index in [9.17, 15) is 8.42 Å². The third-order valence-corrected chi connectivity index (χ3v) is 4.01. The highest BCUT2D eigenvalue weighted by molar-refractivity contribution is 7.85. The van der Waals surface area contributed by atoms with Crippen molar-refractivity contribution in [3.63, 3.8) is 0 Å². The number of hydrogen-bond acceptors (Lipinski definition) is 5. The maximum atomic E-state index is 10.9. The molecule has 0 amide bonds. The second-order valence-corrected chi connectivity index (χ2v) is 6.52. The second kappa shape index (κ2) is 5.65. The molecule has 1 aliphatic heterocycles. The normalized spacial score (nSPS) is 31.8. The van der Waals surface area contributed by atoms with Gasteiger partial charge in [-0.15, -0.1) is 0 Å². The fourth-order valence-electron chi connectivity index (χ4n) is 2.50. The molecule has 0 spiro atoms. The van der Waals surface area contributed by atoms with Crippen LogP contribution in [0.15, 0.2) is 0 Å². The average Bonchev–Trinajstić information content (AvgIpc) is 2.79. The van der Waals surface area contributed by atoms with Gasteiger partial charge in [-0.1, -0.05) is 0 Å². The van der Waals surface area contributed by atoms with Crippen molar-refractivity contribution in [2.45, 2.75) is 32.0 Å².